The molecule has 0 aliphatic rings. The van der Waals surface area contributed by atoms with Crippen LogP contribution < -0.4 is 0 Å². The molecular weight excluding hydrogens is 260 g/mol. The largest absolute Gasteiger partial charge is 0.320 e. The van der Waals surface area contributed by atoms with Crippen molar-refractivity contribution in [3.05, 3.63) is 47.7 Å². The number of rotatable bonds is 2. The summed E-state index contributed by atoms with van der Waals surface area (Å²) in [6.45, 7) is 6.22. The zero-order chi connectivity index (χ0) is 15.0. The van der Waals surface area contributed by atoms with E-state index in [1.54, 1.807) is 0 Å². The van der Waals surface area contributed by atoms with Crippen molar-refractivity contribution >= 4 is 11.0 Å². The fourth-order valence-corrected chi connectivity index (χ4v) is 2.54. The van der Waals surface area contributed by atoms with E-state index in [2.05, 4.69) is 29.5 Å². The van der Waals surface area contributed by atoms with Crippen LogP contribution in [0, 0.1) is 18.3 Å². The van der Waals surface area contributed by atoms with Crippen LogP contribution in [0.4, 0.5) is 0 Å². The maximum Gasteiger partial charge on any atom is 0.160 e. The van der Waals surface area contributed by atoms with Crippen LogP contribution in [-0.4, -0.2) is 14.5 Å². The zero-order valence-corrected chi connectivity index (χ0v) is 12.3. The molecule has 0 aliphatic heterocycles. The minimum absolute atomic E-state index is 0.264. The van der Waals surface area contributed by atoms with E-state index in [-0.39, 0.29) is 6.04 Å². The Morgan fingerprint density at radius 1 is 1.14 bits per heavy atom. The van der Waals surface area contributed by atoms with Crippen LogP contribution in [0.15, 0.2) is 36.4 Å². The van der Waals surface area contributed by atoms with E-state index in [4.69, 9.17) is 10.2 Å². The molecule has 0 amide bonds. The van der Waals surface area contributed by atoms with Crippen molar-refractivity contribution in [2.45, 2.75) is 26.8 Å². The van der Waals surface area contributed by atoms with Gasteiger partial charge in [0.2, 0.25) is 0 Å². The standard InChI is InChI=1S/C17H16N4/c1-11(2)21-16-8-7-13(10-18)9-15(16)20-17(21)14-6-4-5-12(3)19-14/h4-9,11H,1-3H3. The predicted octanol–water partition coefficient (Wildman–Crippen LogP) is 3.86. The number of pyridine rings is 1. The van der Waals surface area contributed by atoms with Crippen LogP contribution >= 0.6 is 0 Å². The normalized spacial score (nSPS) is 11.0. The van der Waals surface area contributed by atoms with E-state index in [1.807, 2.05) is 43.3 Å². The summed E-state index contributed by atoms with van der Waals surface area (Å²) in [5.74, 6) is 0.846. The first-order chi connectivity index (χ1) is 10.1. The molecule has 0 saturated heterocycles. The lowest BCUT2D eigenvalue weighted by Gasteiger charge is -2.12. The summed E-state index contributed by atoms with van der Waals surface area (Å²) in [4.78, 5) is 9.28. The summed E-state index contributed by atoms with van der Waals surface area (Å²) in [5.41, 5.74) is 4.31. The van der Waals surface area contributed by atoms with Crippen LogP contribution in [0.3, 0.4) is 0 Å². The Kier molecular flexibility index (Phi) is 3.19. The Morgan fingerprint density at radius 2 is 1.95 bits per heavy atom. The zero-order valence-electron chi connectivity index (χ0n) is 12.3. The maximum absolute atomic E-state index is 9.04. The van der Waals surface area contributed by atoms with Crippen LogP contribution in [-0.2, 0) is 0 Å². The summed E-state index contributed by atoms with van der Waals surface area (Å²) < 4.78 is 2.16. The third-order valence-electron chi connectivity index (χ3n) is 3.45. The number of nitrogens with zero attached hydrogens (tertiary/aromatic N) is 4. The maximum atomic E-state index is 9.04. The van der Waals surface area contributed by atoms with E-state index in [0.717, 1.165) is 28.2 Å². The molecule has 4 nitrogen and oxygen atoms in total. The molecule has 0 unspecified atom stereocenters. The monoisotopic (exact) mass is 276 g/mol. The number of hydrogen-bond acceptors (Lipinski definition) is 3. The molecule has 104 valence electrons. The highest BCUT2D eigenvalue weighted by atomic mass is 15.1. The molecule has 0 fully saturated rings. The molecule has 0 radical (unpaired) electrons. The number of aryl methyl sites for hydroxylation is 1. The van der Waals surface area contributed by atoms with Crippen molar-refractivity contribution < 1.29 is 0 Å². The summed E-state index contributed by atoms with van der Waals surface area (Å²) >= 11 is 0. The Morgan fingerprint density at radius 3 is 2.62 bits per heavy atom. The lowest BCUT2D eigenvalue weighted by atomic mass is 10.2. The van der Waals surface area contributed by atoms with E-state index < -0.39 is 0 Å². The first-order valence-electron chi connectivity index (χ1n) is 6.96. The van der Waals surface area contributed by atoms with Gasteiger partial charge in [0.1, 0.15) is 5.69 Å². The molecular formula is C17H16N4. The molecule has 0 saturated carbocycles. The van der Waals surface area contributed by atoms with Gasteiger partial charge in [0.05, 0.1) is 22.7 Å². The highest BCUT2D eigenvalue weighted by Crippen LogP contribution is 2.28. The average Bonchev–Trinajstić information content (AvgIpc) is 2.85. The molecule has 0 aliphatic carbocycles. The number of benzene rings is 1. The Balaban J connectivity index is 2.31. The molecule has 0 spiro atoms. The molecule has 0 N–H and O–H groups in total. The molecule has 3 rings (SSSR count). The molecule has 4 heteroatoms. The highest BCUT2D eigenvalue weighted by molar-refractivity contribution is 5.81. The van der Waals surface area contributed by atoms with Gasteiger partial charge in [0.15, 0.2) is 5.82 Å². The topological polar surface area (TPSA) is 54.5 Å². The number of hydrogen-bond donors (Lipinski definition) is 0. The minimum Gasteiger partial charge on any atom is -0.320 e. The van der Waals surface area contributed by atoms with Gasteiger partial charge in [-0.3, -0.25) is 0 Å². The number of nitriles is 1. The Labute approximate surface area is 123 Å². The summed E-state index contributed by atoms with van der Waals surface area (Å²) in [6.07, 6.45) is 0. The number of fused-ring (bicyclic) bond motifs is 1. The first kappa shape index (κ1) is 13.3. The third kappa shape index (κ3) is 2.27. The second-order valence-corrected chi connectivity index (χ2v) is 5.38. The fourth-order valence-electron chi connectivity index (χ4n) is 2.54. The second kappa shape index (κ2) is 5.02. The first-order valence-corrected chi connectivity index (χ1v) is 6.96. The second-order valence-electron chi connectivity index (χ2n) is 5.38. The summed E-state index contributed by atoms with van der Waals surface area (Å²) in [5, 5.41) is 9.04. The Hall–Kier alpha value is -2.67. The fraction of sp³-hybridized carbons (Fsp3) is 0.235. The minimum atomic E-state index is 0.264. The lowest BCUT2D eigenvalue weighted by Crippen LogP contribution is -2.04. The summed E-state index contributed by atoms with van der Waals surface area (Å²) in [6, 6.07) is 14.0. The van der Waals surface area contributed by atoms with Gasteiger partial charge in [-0.1, -0.05) is 6.07 Å². The summed E-state index contributed by atoms with van der Waals surface area (Å²) in [7, 11) is 0. The van der Waals surface area contributed by atoms with Crippen molar-refractivity contribution in [3.63, 3.8) is 0 Å². The molecule has 21 heavy (non-hydrogen) atoms. The van der Waals surface area contributed by atoms with Crippen LogP contribution in [0.1, 0.15) is 31.1 Å². The van der Waals surface area contributed by atoms with Gasteiger partial charge in [0.25, 0.3) is 0 Å². The highest BCUT2D eigenvalue weighted by Gasteiger charge is 2.16. The predicted molar refractivity (Wildman–Crippen MR) is 82.8 cm³/mol. The number of aromatic nitrogens is 3. The van der Waals surface area contributed by atoms with Gasteiger partial charge < -0.3 is 4.57 Å². The van der Waals surface area contributed by atoms with Gasteiger partial charge in [0, 0.05) is 11.7 Å². The smallest absolute Gasteiger partial charge is 0.160 e. The third-order valence-corrected chi connectivity index (χ3v) is 3.45. The molecule has 0 bridgehead atoms. The van der Waals surface area contributed by atoms with Crippen molar-refractivity contribution in [3.8, 4) is 17.6 Å². The van der Waals surface area contributed by atoms with Crippen molar-refractivity contribution in [2.75, 3.05) is 0 Å². The van der Waals surface area contributed by atoms with Crippen LogP contribution in [0.25, 0.3) is 22.6 Å². The van der Waals surface area contributed by atoms with Crippen molar-refractivity contribution in [2.24, 2.45) is 0 Å². The van der Waals surface area contributed by atoms with Gasteiger partial charge in [-0.25, -0.2) is 9.97 Å². The van der Waals surface area contributed by atoms with E-state index >= 15 is 0 Å². The van der Waals surface area contributed by atoms with Crippen LogP contribution in [0.2, 0.25) is 0 Å². The quantitative estimate of drug-likeness (QED) is 0.714. The van der Waals surface area contributed by atoms with Crippen LogP contribution in [0.5, 0.6) is 0 Å². The van der Waals surface area contributed by atoms with Gasteiger partial charge in [-0.2, -0.15) is 5.26 Å². The average molecular weight is 276 g/mol. The van der Waals surface area contributed by atoms with E-state index in [1.165, 1.54) is 0 Å². The molecule has 3 aromatic rings. The Bertz CT molecular complexity index is 853. The van der Waals surface area contributed by atoms with E-state index in [9.17, 15) is 0 Å². The molecule has 2 heterocycles. The van der Waals surface area contributed by atoms with Gasteiger partial charge in [-0.15, -0.1) is 0 Å². The molecule has 0 atom stereocenters. The lowest BCUT2D eigenvalue weighted by molar-refractivity contribution is 0.623. The van der Waals surface area contributed by atoms with Gasteiger partial charge in [-0.05, 0) is 51.1 Å². The molecule has 1 aromatic carbocycles. The SMILES string of the molecule is Cc1cccc(-c2nc3cc(C#N)ccc3n2C(C)C)n1. The van der Waals surface area contributed by atoms with E-state index in [0.29, 0.717) is 5.56 Å². The van der Waals surface area contributed by atoms with Crippen molar-refractivity contribution in [1.29, 1.82) is 5.26 Å². The van der Waals surface area contributed by atoms with Gasteiger partial charge >= 0.3 is 0 Å². The molecule has 2 aromatic heterocycles. The van der Waals surface area contributed by atoms with Crippen molar-refractivity contribution in [1.82, 2.24) is 14.5 Å². The number of imidazole rings is 1.